The summed E-state index contributed by atoms with van der Waals surface area (Å²) in [5.74, 6) is 0.173. The molecule has 0 spiro atoms. The number of carbonyl (C=O) groups is 1. The average Bonchev–Trinajstić information content (AvgIpc) is 2.36. The lowest BCUT2D eigenvalue weighted by Gasteiger charge is -2.27. The molecule has 1 rings (SSSR count). The van der Waals surface area contributed by atoms with Gasteiger partial charge in [0.05, 0.1) is 0 Å². The molecule has 1 saturated heterocycles. The number of hydrogen-bond donors (Lipinski definition) is 2. The number of piperazine rings is 1. The molecule has 4 nitrogen and oxygen atoms in total. The van der Waals surface area contributed by atoms with Crippen molar-refractivity contribution in [2.45, 2.75) is 25.7 Å². The molecular formula is C13H25N3O. The van der Waals surface area contributed by atoms with Crippen LogP contribution in [0.2, 0.25) is 0 Å². The van der Waals surface area contributed by atoms with Gasteiger partial charge in [-0.1, -0.05) is 6.08 Å². The van der Waals surface area contributed by atoms with Gasteiger partial charge in [0.15, 0.2) is 0 Å². The third kappa shape index (κ3) is 7.13. The first-order chi connectivity index (χ1) is 8.33. The van der Waals surface area contributed by atoms with Gasteiger partial charge in [0.2, 0.25) is 5.91 Å². The fourth-order valence-electron chi connectivity index (χ4n) is 1.96. The van der Waals surface area contributed by atoms with Gasteiger partial charge >= 0.3 is 0 Å². The highest BCUT2D eigenvalue weighted by atomic mass is 16.1. The molecule has 1 aliphatic rings. The highest BCUT2D eigenvalue weighted by molar-refractivity contribution is 5.75. The summed E-state index contributed by atoms with van der Waals surface area (Å²) < 4.78 is 0. The molecule has 0 unspecified atom stereocenters. The van der Waals surface area contributed by atoms with E-state index in [0.717, 1.165) is 58.5 Å². The summed E-state index contributed by atoms with van der Waals surface area (Å²) in [6, 6.07) is 0. The lowest BCUT2D eigenvalue weighted by Crippen LogP contribution is -2.44. The summed E-state index contributed by atoms with van der Waals surface area (Å²) in [6.07, 6.45) is 5.37. The molecule has 0 aromatic carbocycles. The maximum atomic E-state index is 11.4. The maximum absolute atomic E-state index is 11.4. The number of unbranched alkanes of at least 4 members (excludes halogenated alkanes) is 1. The Morgan fingerprint density at radius 2 is 2.12 bits per heavy atom. The van der Waals surface area contributed by atoms with E-state index in [1.54, 1.807) is 0 Å². The Kier molecular flexibility index (Phi) is 7.67. The summed E-state index contributed by atoms with van der Waals surface area (Å²) in [4.78, 5) is 13.8. The van der Waals surface area contributed by atoms with E-state index < -0.39 is 0 Å². The van der Waals surface area contributed by atoms with Crippen molar-refractivity contribution in [3.63, 3.8) is 0 Å². The molecular weight excluding hydrogens is 214 g/mol. The van der Waals surface area contributed by atoms with Crippen molar-refractivity contribution in [2.75, 3.05) is 39.3 Å². The molecule has 0 bridgehead atoms. The molecule has 1 aliphatic heterocycles. The maximum Gasteiger partial charge on any atom is 0.220 e. The van der Waals surface area contributed by atoms with Gasteiger partial charge in [-0.15, -0.1) is 6.58 Å². The fourth-order valence-corrected chi connectivity index (χ4v) is 1.96. The van der Waals surface area contributed by atoms with Crippen molar-refractivity contribution in [3.05, 3.63) is 12.7 Å². The minimum absolute atomic E-state index is 0.173. The number of carbonyl (C=O) groups excluding carboxylic acids is 1. The summed E-state index contributed by atoms with van der Waals surface area (Å²) in [7, 11) is 0. The van der Waals surface area contributed by atoms with Crippen molar-refractivity contribution in [2.24, 2.45) is 0 Å². The SMILES string of the molecule is C=CCCCC(=O)NCCCN1CCNCC1. The van der Waals surface area contributed by atoms with E-state index in [9.17, 15) is 4.79 Å². The average molecular weight is 239 g/mol. The van der Waals surface area contributed by atoms with Gasteiger partial charge in [0.1, 0.15) is 0 Å². The van der Waals surface area contributed by atoms with Gasteiger partial charge in [-0.2, -0.15) is 0 Å². The molecule has 0 aromatic heterocycles. The second-order valence-corrected chi connectivity index (χ2v) is 4.48. The summed E-state index contributed by atoms with van der Waals surface area (Å²) in [5, 5.41) is 6.30. The highest BCUT2D eigenvalue weighted by Gasteiger charge is 2.08. The second kappa shape index (κ2) is 9.19. The zero-order valence-corrected chi connectivity index (χ0v) is 10.7. The van der Waals surface area contributed by atoms with Gasteiger partial charge in [-0.25, -0.2) is 0 Å². The Morgan fingerprint density at radius 1 is 1.35 bits per heavy atom. The Morgan fingerprint density at radius 3 is 2.82 bits per heavy atom. The first-order valence-electron chi connectivity index (χ1n) is 6.63. The minimum Gasteiger partial charge on any atom is -0.356 e. The first kappa shape index (κ1) is 14.2. The number of amides is 1. The summed E-state index contributed by atoms with van der Waals surface area (Å²) in [5.41, 5.74) is 0. The quantitative estimate of drug-likeness (QED) is 0.485. The van der Waals surface area contributed by atoms with Gasteiger partial charge in [-0.3, -0.25) is 4.79 Å². The number of allylic oxidation sites excluding steroid dienone is 1. The predicted octanol–water partition coefficient (Wildman–Crippen LogP) is 0.754. The van der Waals surface area contributed by atoms with Crippen molar-refractivity contribution >= 4 is 5.91 Å². The zero-order valence-electron chi connectivity index (χ0n) is 10.7. The number of hydrogen-bond acceptors (Lipinski definition) is 3. The zero-order chi connectivity index (χ0) is 12.3. The van der Waals surface area contributed by atoms with Crippen LogP contribution in [-0.2, 0) is 4.79 Å². The fraction of sp³-hybridized carbons (Fsp3) is 0.769. The second-order valence-electron chi connectivity index (χ2n) is 4.48. The van der Waals surface area contributed by atoms with Crippen LogP contribution in [0.4, 0.5) is 0 Å². The Labute approximate surface area is 104 Å². The third-order valence-corrected chi connectivity index (χ3v) is 2.99. The molecule has 17 heavy (non-hydrogen) atoms. The van der Waals surface area contributed by atoms with E-state index in [-0.39, 0.29) is 5.91 Å². The van der Waals surface area contributed by atoms with Crippen LogP contribution >= 0.6 is 0 Å². The van der Waals surface area contributed by atoms with Crippen LogP contribution in [0.25, 0.3) is 0 Å². The highest BCUT2D eigenvalue weighted by Crippen LogP contribution is 1.96. The topological polar surface area (TPSA) is 44.4 Å². The molecule has 98 valence electrons. The van der Waals surface area contributed by atoms with Gasteiger partial charge < -0.3 is 15.5 Å². The molecule has 2 N–H and O–H groups in total. The van der Waals surface area contributed by atoms with E-state index in [0.29, 0.717) is 6.42 Å². The predicted molar refractivity (Wildman–Crippen MR) is 71.0 cm³/mol. The first-order valence-corrected chi connectivity index (χ1v) is 6.63. The van der Waals surface area contributed by atoms with E-state index in [1.165, 1.54) is 0 Å². The molecule has 1 fully saturated rings. The third-order valence-electron chi connectivity index (χ3n) is 2.99. The monoisotopic (exact) mass is 239 g/mol. The van der Waals surface area contributed by atoms with Gasteiger partial charge in [0.25, 0.3) is 0 Å². The largest absolute Gasteiger partial charge is 0.356 e. The minimum atomic E-state index is 0.173. The van der Waals surface area contributed by atoms with Crippen LogP contribution < -0.4 is 10.6 Å². The Balaban J connectivity index is 1.92. The van der Waals surface area contributed by atoms with Crippen LogP contribution in [0.5, 0.6) is 0 Å². The molecule has 1 heterocycles. The standard InChI is InChI=1S/C13H25N3O/c1-2-3-4-6-13(17)15-7-5-10-16-11-8-14-9-12-16/h2,14H,1,3-12H2,(H,15,17). The van der Waals surface area contributed by atoms with Crippen molar-refractivity contribution in [3.8, 4) is 0 Å². The van der Waals surface area contributed by atoms with Crippen molar-refractivity contribution < 1.29 is 4.79 Å². The molecule has 0 atom stereocenters. The summed E-state index contributed by atoms with van der Waals surface area (Å²) in [6.45, 7) is 9.98. The molecule has 1 amide bonds. The summed E-state index contributed by atoms with van der Waals surface area (Å²) >= 11 is 0. The number of rotatable bonds is 8. The van der Waals surface area contributed by atoms with Crippen LogP contribution in [0.15, 0.2) is 12.7 Å². The van der Waals surface area contributed by atoms with E-state index in [4.69, 9.17) is 0 Å². The van der Waals surface area contributed by atoms with E-state index in [2.05, 4.69) is 22.1 Å². The molecule has 0 aliphatic carbocycles. The normalized spacial score (nSPS) is 16.7. The Hall–Kier alpha value is -0.870. The van der Waals surface area contributed by atoms with Gasteiger partial charge in [-0.05, 0) is 25.8 Å². The number of nitrogens with one attached hydrogen (secondary N) is 2. The number of nitrogens with zero attached hydrogens (tertiary/aromatic N) is 1. The van der Waals surface area contributed by atoms with E-state index >= 15 is 0 Å². The lowest BCUT2D eigenvalue weighted by atomic mass is 10.2. The van der Waals surface area contributed by atoms with Gasteiger partial charge in [0, 0.05) is 39.1 Å². The van der Waals surface area contributed by atoms with Crippen molar-refractivity contribution in [1.29, 1.82) is 0 Å². The Bertz CT molecular complexity index is 225. The lowest BCUT2D eigenvalue weighted by molar-refractivity contribution is -0.121. The molecule has 0 aromatic rings. The van der Waals surface area contributed by atoms with Crippen LogP contribution in [0.3, 0.4) is 0 Å². The smallest absolute Gasteiger partial charge is 0.220 e. The molecule has 0 radical (unpaired) electrons. The molecule has 0 saturated carbocycles. The van der Waals surface area contributed by atoms with E-state index in [1.807, 2.05) is 6.08 Å². The van der Waals surface area contributed by atoms with Crippen LogP contribution in [0.1, 0.15) is 25.7 Å². The van der Waals surface area contributed by atoms with Crippen molar-refractivity contribution in [1.82, 2.24) is 15.5 Å². The van der Waals surface area contributed by atoms with Crippen LogP contribution in [-0.4, -0.2) is 50.1 Å². The van der Waals surface area contributed by atoms with Crippen LogP contribution in [0, 0.1) is 0 Å². The molecule has 4 heteroatoms.